The first-order chi connectivity index (χ1) is 10.3. The minimum absolute atomic E-state index is 0.180. The quantitative estimate of drug-likeness (QED) is 0.870. The number of halogens is 1. The van der Waals surface area contributed by atoms with Crippen LogP contribution in [0, 0.1) is 5.82 Å². The Morgan fingerprint density at radius 1 is 1.33 bits per heavy atom. The van der Waals surface area contributed by atoms with Gasteiger partial charge in [-0.1, -0.05) is 19.8 Å². The van der Waals surface area contributed by atoms with Crippen LogP contribution >= 0.6 is 0 Å². The summed E-state index contributed by atoms with van der Waals surface area (Å²) in [5.41, 5.74) is 0.993. The smallest absolute Gasteiger partial charge is 0.123 e. The van der Waals surface area contributed by atoms with Gasteiger partial charge in [0.05, 0.1) is 7.11 Å². The van der Waals surface area contributed by atoms with Gasteiger partial charge >= 0.3 is 0 Å². The zero-order valence-corrected chi connectivity index (χ0v) is 13.2. The molecule has 1 unspecified atom stereocenters. The van der Waals surface area contributed by atoms with Gasteiger partial charge < -0.3 is 10.1 Å². The van der Waals surface area contributed by atoms with Crippen LogP contribution in [0.1, 0.15) is 44.2 Å². The lowest BCUT2D eigenvalue weighted by molar-refractivity contribution is 0.193. The summed E-state index contributed by atoms with van der Waals surface area (Å²) in [6.45, 7) is 6.33. The maximum atomic E-state index is 13.7. The van der Waals surface area contributed by atoms with E-state index < -0.39 is 0 Å². The highest BCUT2D eigenvalue weighted by Crippen LogP contribution is 2.34. The molecule has 0 saturated carbocycles. The van der Waals surface area contributed by atoms with Crippen LogP contribution in [-0.4, -0.2) is 38.2 Å². The fraction of sp³-hybridized carbons (Fsp3) is 0.647. The van der Waals surface area contributed by atoms with E-state index >= 15 is 0 Å². The second-order valence-corrected chi connectivity index (χ2v) is 5.68. The first-order valence-electron chi connectivity index (χ1n) is 8.04. The average Bonchev–Trinajstić information content (AvgIpc) is 2.77. The van der Waals surface area contributed by atoms with Gasteiger partial charge in [-0.2, -0.15) is 0 Å². The highest BCUT2D eigenvalue weighted by atomic mass is 19.1. The number of hydrogen-bond acceptors (Lipinski definition) is 3. The van der Waals surface area contributed by atoms with Gasteiger partial charge in [0, 0.05) is 31.2 Å². The summed E-state index contributed by atoms with van der Waals surface area (Å²) in [5, 5.41) is 3.43. The van der Waals surface area contributed by atoms with Crippen LogP contribution in [0.3, 0.4) is 0 Å². The van der Waals surface area contributed by atoms with Crippen molar-refractivity contribution in [3.8, 4) is 5.75 Å². The Morgan fingerprint density at radius 3 is 2.95 bits per heavy atom. The molecule has 0 radical (unpaired) electrons. The maximum absolute atomic E-state index is 13.7. The average molecular weight is 294 g/mol. The molecular formula is C17H27FN2O. The van der Waals surface area contributed by atoms with E-state index in [1.54, 1.807) is 19.2 Å². The molecule has 1 aliphatic heterocycles. The normalized spacial score (nSPS) is 18.2. The van der Waals surface area contributed by atoms with Crippen LogP contribution in [0.4, 0.5) is 4.39 Å². The molecule has 0 aromatic heterocycles. The van der Waals surface area contributed by atoms with E-state index in [1.165, 1.54) is 6.07 Å². The van der Waals surface area contributed by atoms with Gasteiger partial charge in [-0.15, -0.1) is 0 Å². The second-order valence-electron chi connectivity index (χ2n) is 5.68. The van der Waals surface area contributed by atoms with Crippen LogP contribution in [-0.2, 0) is 0 Å². The Labute approximate surface area is 127 Å². The molecular weight excluding hydrogens is 267 g/mol. The van der Waals surface area contributed by atoms with Gasteiger partial charge in [0.1, 0.15) is 11.6 Å². The van der Waals surface area contributed by atoms with Crippen molar-refractivity contribution in [3.63, 3.8) is 0 Å². The molecule has 1 aromatic rings. The van der Waals surface area contributed by atoms with Crippen molar-refractivity contribution in [1.82, 2.24) is 10.2 Å². The molecule has 3 nitrogen and oxygen atoms in total. The predicted octanol–water partition coefficient (Wildman–Crippen LogP) is 3.36. The summed E-state index contributed by atoms with van der Waals surface area (Å²) in [4.78, 5) is 2.48. The lowest BCUT2D eigenvalue weighted by Crippen LogP contribution is -2.32. The summed E-state index contributed by atoms with van der Waals surface area (Å²) in [5.74, 6) is 0.620. The Balaban J connectivity index is 2.27. The van der Waals surface area contributed by atoms with Gasteiger partial charge in [-0.25, -0.2) is 4.39 Å². The summed E-state index contributed by atoms with van der Waals surface area (Å²) in [6, 6.07) is 5.12. The van der Waals surface area contributed by atoms with E-state index in [4.69, 9.17) is 4.74 Å². The summed E-state index contributed by atoms with van der Waals surface area (Å²) in [6.07, 6.45) is 4.49. The van der Waals surface area contributed by atoms with Crippen molar-refractivity contribution in [2.75, 3.05) is 33.3 Å². The number of ether oxygens (including phenoxy) is 1. The summed E-state index contributed by atoms with van der Waals surface area (Å²) < 4.78 is 19.2. The van der Waals surface area contributed by atoms with E-state index in [0.717, 1.165) is 63.2 Å². The number of nitrogens with zero attached hydrogens (tertiary/aromatic N) is 1. The van der Waals surface area contributed by atoms with E-state index in [-0.39, 0.29) is 11.9 Å². The highest BCUT2D eigenvalue weighted by Gasteiger charge is 2.24. The SMILES string of the molecule is CCCCC(c1cc(F)ccc1OC)N1CCCNCC1. The molecule has 4 heteroatoms. The van der Waals surface area contributed by atoms with Crippen molar-refractivity contribution in [3.05, 3.63) is 29.6 Å². The minimum Gasteiger partial charge on any atom is -0.496 e. The Morgan fingerprint density at radius 2 is 2.19 bits per heavy atom. The zero-order valence-electron chi connectivity index (χ0n) is 13.2. The molecule has 0 bridgehead atoms. The first kappa shape index (κ1) is 16.2. The lowest BCUT2D eigenvalue weighted by Gasteiger charge is -2.32. The molecule has 1 fully saturated rings. The number of rotatable bonds is 6. The van der Waals surface area contributed by atoms with E-state index in [9.17, 15) is 4.39 Å². The topological polar surface area (TPSA) is 24.5 Å². The summed E-state index contributed by atoms with van der Waals surface area (Å²) >= 11 is 0. The molecule has 1 atom stereocenters. The number of benzene rings is 1. The van der Waals surface area contributed by atoms with E-state index in [2.05, 4.69) is 17.1 Å². The van der Waals surface area contributed by atoms with Gasteiger partial charge in [0.2, 0.25) is 0 Å². The van der Waals surface area contributed by atoms with Gasteiger partial charge in [0.15, 0.2) is 0 Å². The number of hydrogen-bond donors (Lipinski definition) is 1. The van der Waals surface area contributed by atoms with Crippen LogP contribution < -0.4 is 10.1 Å². The number of unbranched alkanes of at least 4 members (excludes halogenated alkanes) is 1. The third-order valence-electron chi connectivity index (χ3n) is 4.20. The number of nitrogens with one attached hydrogen (secondary N) is 1. The van der Waals surface area contributed by atoms with E-state index in [0.29, 0.717) is 0 Å². The van der Waals surface area contributed by atoms with Crippen molar-refractivity contribution in [2.24, 2.45) is 0 Å². The van der Waals surface area contributed by atoms with Gasteiger partial charge in [0.25, 0.3) is 0 Å². The van der Waals surface area contributed by atoms with Gasteiger partial charge in [-0.05, 0) is 37.6 Å². The second kappa shape index (κ2) is 8.35. The van der Waals surface area contributed by atoms with Crippen LogP contribution in [0.2, 0.25) is 0 Å². The molecule has 1 aromatic carbocycles. The van der Waals surface area contributed by atoms with Gasteiger partial charge in [-0.3, -0.25) is 4.90 Å². The standard InChI is InChI=1S/C17H27FN2O/c1-3-4-6-16(20-11-5-9-19-10-12-20)15-13-14(18)7-8-17(15)21-2/h7-8,13,16,19H,3-6,9-12H2,1-2H3. The largest absolute Gasteiger partial charge is 0.496 e. The molecule has 1 N–H and O–H groups in total. The molecule has 2 rings (SSSR count). The highest BCUT2D eigenvalue weighted by molar-refractivity contribution is 5.36. The van der Waals surface area contributed by atoms with Crippen molar-refractivity contribution >= 4 is 0 Å². The fourth-order valence-electron chi connectivity index (χ4n) is 3.08. The molecule has 1 saturated heterocycles. The molecule has 1 heterocycles. The van der Waals surface area contributed by atoms with Crippen LogP contribution in [0.25, 0.3) is 0 Å². The molecule has 0 aliphatic carbocycles. The zero-order chi connectivity index (χ0) is 15.1. The van der Waals surface area contributed by atoms with Crippen molar-refractivity contribution < 1.29 is 9.13 Å². The monoisotopic (exact) mass is 294 g/mol. The van der Waals surface area contributed by atoms with E-state index in [1.807, 2.05) is 0 Å². The number of methoxy groups -OCH3 is 1. The fourth-order valence-corrected chi connectivity index (χ4v) is 3.08. The summed E-state index contributed by atoms with van der Waals surface area (Å²) in [7, 11) is 1.66. The maximum Gasteiger partial charge on any atom is 0.123 e. The third-order valence-corrected chi connectivity index (χ3v) is 4.20. The molecule has 0 amide bonds. The Bertz CT molecular complexity index is 431. The molecule has 21 heavy (non-hydrogen) atoms. The van der Waals surface area contributed by atoms with Crippen LogP contribution in [0.5, 0.6) is 5.75 Å². The van der Waals surface area contributed by atoms with Crippen molar-refractivity contribution in [1.29, 1.82) is 0 Å². The minimum atomic E-state index is -0.180. The Hall–Kier alpha value is -1.13. The predicted molar refractivity (Wildman–Crippen MR) is 84.3 cm³/mol. The van der Waals surface area contributed by atoms with Crippen LogP contribution in [0.15, 0.2) is 18.2 Å². The molecule has 0 spiro atoms. The first-order valence-corrected chi connectivity index (χ1v) is 8.04. The third kappa shape index (κ3) is 4.42. The van der Waals surface area contributed by atoms with Crippen molar-refractivity contribution in [2.45, 2.75) is 38.6 Å². The molecule has 1 aliphatic rings. The lowest BCUT2D eigenvalue weighted by atomic mass is 9.98. The molecule has 118 valence electrons. The Kier molecular flexibility index (Phi) is 6.46.